The molecule has 0 saturated carbocycles. The number of nitrogens with zero attached hydrogens (tertiary/aromatic N) is 3. The van der Waals surface area contributed by atoms with Crippen LogP contribution < -0.4 is 4.48 Å². The summed E-state index contributed by atoms with van der Waals surface area (Å²) in [7, 11) is 1.51. The number of fused-ring (bicyclic) bond motifs is 2. The predicted octanol–water partition coefficient (Wildman–Crippen LogP) is 4.70. The normalized spacial score (nSPS) is 19.2. The van der Waals surface area contributed by atoms with E-state index in [1.54, 1.807) is 0 Å². The molecule has 4 amide bonds. The van der Waals surface area contributed by atoms with E-state index in [4.69, 9.17) is 4.84 Å². The molecular weight excluding hydrogens is 516 g/mol. The number of β-amino-alcohol motifs (C(OH)–C–C–N with tert-alkyl or cyclic N) is 1. The molecule has 2 aromatic heterocycles. The maximum atomic E-state index is 14.0. The first-order valence-corrected chi connectivity index (χ1v) is 14.3. The van der Waals surface area contributed by atoms with Gasteiger partial charge < -0.3 is 10.1 Å². The molecule has 1 saturated heterocycles. The molecule has 2 N–H and O–H groups in total. The second-order valence-electron chi connectivity index (χ2n) is 11.6. The lowest BCUT2D eigenvalue weighted by Crippen LogP contribution is -2.65. The number of aromatic nitrogens is 1. The first-order valence-electron chi connectivity index (χ1n) is 13.5. The highest BCUT2D eigenvalue weighted by atomic mass is 32.1. The molecule has 0 bridgehead atoms. The number of aromatic amines is 1. The summed E-state index contributed by atoms with van der Waals surface area (Å²) < 4.78 is -0.00575. The Hall–Kier alpha value is -3.05. The Morgan fingerprint density at radius 2 is 1.85 bits per heavy atom. The smallest absolute Gasteiger partial charge is 0.389 e. The molecule has 4 heterocycles. The van der Waals surface area contributed by atoms with Gasteiger partial charge in [0.1, 0.15) is 18.3 Å². The largest absolute Gasteiger partial charge is 0.431 e. The van der Waals surface area contributed by atoms with Gasteiger partial charge in [-0.15, -0.1) is 0 Å². The fourth-order valence-electron chi connectivity index (χ4n) is 6.05. The van der Waals surface area contributed by atoms with Crippen molar-refractivity contribution in [3.05, 3.63) is 51.5 Å². The molecule has 0 aliphatic carbocycles. The van der Waals surface area contributed by atoms with Crippen LogP contribution in [0, 0.1) is 18.8 Å². The number of amides is 4. The number of imide groups is 1. The van der Waals surface area contributed by atoms with Crippen molar-refractivity contribution in [3.63, 3.8) is 0 Å². The van der Waals surface area contributed by atoms with Gasteiger partial charge in [0.05, 0.1) is 25.2 Å². The number of urea groups is 1. The third-order valence-electron chi connectivity index (χ3n) is 7.48. The van der Waals surface area contributed by atoms with Crippen LogP contribution in [0.4, 0.5) is 9.80 Å². The van der Waals surface area contributed by atoms with Crippen molar-refractivity contribution in [2.75, 3.05) is 33.3 Å². The van der Waals surface area contributed by atoms with E-state index < -0.39 is 17.9 Å². The maximum absolute atomic E-state index is 14.0. The Morgan fingerprint density at radius 3 is 2.46 bits per heavy atom. The van der Waals surface area contributed by atoms with Gasteiger partial charge in [-0.25, -0.2) is 14.8 Å². The number of carbonyl (C=O) groups excluding carboxylic acids is 3. The summed E-state index contributed by atoms with van der Waals surface area (Å²) in [4.78, 5) is 52.7. The zero-order chi connectivity index (χ0) is 28.2. The summed E-state index contributed by atoms with van der Waals surface area (Å²) in [6.45, 7) is 11.3. The molecule has 208 valence electrons. The minimum Gasteiger partial charge on any atom is -0.389 e. The van der Waals surface area contributed by atoms with E-state index in [0.29, 0.717) is 29.4 Å². The van der Waals surface area contributed by atoms with Gasteiger partial charge >= 0.3 is 6.03 Å². The lowest BCUT2D eigenvalue weighted by atomic mass is 9.98. The predicted molar refractivity (Wildman–Crippen MR) is 152 cm³/mol. The third kappa shape index (κ3) is 4.59. The van der Waals surface area contributed by atoms with Crippen molar-refractivity contribution >= 4 is 45.1 Å². The topological polar surface area (TPSA) is 103 Å². The quantitative estimate of drug-likeness (QED) is 0.413. The average molecular weight is 554 g/mol. The average Bonchev–Trinajstić information content (AvgIpc) is 3.56. The summed E-state index contributed by atoms with van der Waals surface area (Å²) in [5.41, 5.74) is 3.58. The first kappa shape index (κ1) is 27.5. The molecule has 0 unspecified atom stereocenters. The molecule has 1 fully saturated rings. The molecule has 2 aliphatic heterocycles. The van der Waals surface area contributed by atoms with Crippen LogP contribution in [0.25, 0.3) is 10.9 Å². The zero-order valence-corrected chi connectivity index (χ0v) is 24.2. The van der Waals surface area contributed by atoms with Crippen LogP contribution in [0.15, 0.2) is 24.3 Å². The number of hydrogen-bond donors (Lipinski definition) is 2. The number of carbonyl (C=O) groups is 3. The number of nitrogens with one attached hydrogen (secondary N) is 1. The van der Waals surface area contributed by atoms with Gasteiger partial charge in [0.25, 0.3) is 11.8 Å². The Bertz CT molecular complexity index is 1450. The molecule has 5 rings (SSSR count). The van der Waals surface area contributed by atoms with Gasteiger partial charge in [0.2, 0.25) is 5.00 Å². The summed E-state index contributed by atoms with van der Waals surface area (Å²) in [5, 5.41) is 12.9. The zero-order valence-electron chi connectivity index (χ0n) is 23.4. The van der Waals surface area contributed by atoms with Crippen molar-refractivity contribution in [1.29, 1.82) is 0 Å². The Kier molecular flexibility index (Phi) is 7.17. The van der Waals surface area contributed by atoms with Crippen LogP contribution in [-0.2, 0) is 11.3 Å². The first-order chi connectivity index (χ1) is 18.4. The van der Waals surface area contributed by atoms with Crippen LogP contribution in [0.3, 0.4) is 0 Å². The van der Waals surface area contributed by atoms with E-state index in [-0.39, 0.29) is 46.6 Å². The molecule has 3 aromatic rings. The Morgan fingerprint density at radius 1 is 1.18 bits per heavy atom. The molecule has 9 nitrogen and oxygen atoms in total. The SMILES string of the molecule is Cc1[nH]c2ccccc2c1Cc1sc2c(c1C(=O)N1C[C@@H](O)CO1)C(=O)N(C)C(=O)[N+]2(CC(C)C)CC(C)C. The minimum absolute atomic E-state index is 0.00575. The van der Waals surface area contributed by atoms with Crippen LogP contribution in [0.1, 0.15) is 64.5 Å². The second kappa shape index (κ2) is 10.2. The number of para-hydroxylation sites is 1. The number of hydroxylamine groups is 2. The van der Waals surface area contributed by atoms with Gasteiger partial charge in [-0.1, -0.05) is 57.2 Å². The monoisotopic (exact) mass is 553 g/mol. The van der Waals surface area contributed by atoms with Crippen molar-refractivity contribution in [3.8, 4) is 0 Å². The lowest BCUT2D eigenvalue weighted by Gasteiger charge is -2.41. The summed E-state index contributed by atoms with van der Waals surface area (Å²) >= 11 is 1.39. The van der Waals surface area contributed by atoms with Crippen molar-refractivity contribution in [1.82, 2.24) is 19.4 Å². The van der Waals surface area contributed by atoms with E-state index in [9.17, 15) is 19.5 Å². The van der Waals surface area contributed by atoms with Gasteiger partial charge in [-0.3, -0.25) is 14.4 Å². The molecular formula is C29H37N4O5S+. The Labute approximate surface area is 232 Å². The molecule has 39 heavy (non-hydrogen) atoms. The minimum atomic E-state index is -0.792. The van der Waals surface area contributed by atoms with Crippen LogP contribution in [0.2, 0.25) is 0 Å². The van der Waals surface area contributed by atoms with Crippen molar-refractivity contribution in [2.45, 2.75) is 47.1 Å². The van der Waals surface area contributed by atoms with Crippen LogP contribution in [-0.4, -0.2) is 77.3 Å². The van der Waals surface area contributed by atoms with E-state index in [2.05, 4.69) is 32.7 Å². The summed E-state index contributed by atoms with van der Waals surface area (Å²) in [6.07, 6.45) is -0.376. The summed E-state index contributed by atoms with van der Waals surface area (Å²) in [6, 6.07) is 7.75. The van der Waals surface area contributed by atoms with Crippen LogP contribution in [0.5, 0.6) is 0 Å². The van der Waals surface area contributed by atoms with E-state index in [0.717, 1.165) is 27.2 Å². The highest BCUT2D eigenvalue weighted by Crippen LogP contribution is 2.47. The number of rotatable bonds is 7. The van der Waals surface area contributed by atoms with Gasteiger partial charge in [0, 0.05) is 46.8 Å². The van der Waals surface area contributed by atoms with Gasteiger partial charge in [-0.2, -0.15) is 4.48 Å². The molecule has 10 heteroatoms. The van der Waals surface area contributed by atoms with Gasteiger partial charge in [0.15, 0.2) is 0 Å². The number of hydrogen-bond acceptors (Lipinski definition) is 6. The van der Waals surface area contributed by atoms with E-state index in [1.165, 1.54) is 23.3 Å². The maximum Gasteiger partial charge on any atom is 0.431 e. The van der Waals surface area contributed by atoms with E-state index >= 15 is 0 Å². The molecule has 1 atom stereocenters. The number of benzene rings is 1. The molecule has 1 aromatic carbocycles. The number of aliphatic hydroxyl groups excluding tert-OH is 1. The fraction of sp³-hybridized carbons (Fsp3) is 0.483. The molecule has 0 radical (unpaired) electrons. The Balaban J connectivity index is 1.77. The molecule has 0 spiro atoms. The highest BCUT2D eigenvalue weighted by molar-refractivity contribution is 7.17. The van der Waals surface area contributed by atoms with E-state index in [1.807, 2.05) is 31.2 Å². The van der Waals surface area contributed by atoms with Crippen molar-refractivity contribution < 1.29 is 24.3 Å². The number of aliphatic hydroxyl groups is 1. The fourth-order valence-corrected chi connectivity index (χ4v) is 7.48. The lowest BCUT2D eigenvalue weighted by molar-refractivity contribution is -0.0780. The second-order valence-corrected chi connectivity index (χ2v) is 12.7. The molecule has 2 aliphatic rings. The van der Waals surface area contributed by atoms with Crippen LogP contribution >= 0.6 is 11.3 Å². The number of H-pyrrole nitrogens is 1. The standard InChI is InChI=1S/C29H37N4O5S/c1-16(2)13-33(14-17(3)4)28-25(26(35)31(6)29(33)37)24(27(36)32-12-19(34)15-38-32)23(39-28)11-21-18(5)30-22-10-8-7-9-20(21)22/h7-10,16-17,19,30,34H,11-15H2,1-6H3/q+1/t19-/m1/s1. The number of thiophene rings is 1. The number of aryl methyl sites for hydroxylation is 1. The third-order valence-corrected chi connectivity index (χ3v) is 8.82. The number of quaternary nitrogens is 1. The van der Waals surface area contributed by atoms with Gasteiger partial charge in [-0.05, 0) is 18.6 Å². The van der Waals surface area contributed by atoms with Crippen molar-refractivity contribution in [2.24, 2.45) is 11.8 Å². The summed E-state index contributed by atoms with van der Waals surface area (Å²) in [5.74, 6) is -0.600. The highest BCUT2D eigenvalue weighted by Gasteiger charge is 2.55.